The van der Waals surface area contributed by atoms with Gasteiger partial charge in [0.15, 0.2) is 0 Å². The average molecular weight is 341 g/mol. The number of benzene rings is 1. The third kappa shape index (κ3) is 3.13. The molecule has 0 aliphatic rings. The Labute approximate surface area is 111 Å². The minimum atomic E-state index is -0.943. The van der Waals surface area contributed by atoms with Gasteiger partial charge in [-0.2, -0.15) is 0 Å². The van der Waals surface area contributed by atoms with Crippen LogP contribution in [0, 0.1) is 3.70 Å². The van der Waals surface area contributed by atoms with Gasteiger partial charge in [-0.3, -0.25) is 0 Å². The lowest BCUT2D eigenvalue weighted by atomic mass is 10.2. The van der Waals surface area contributed by atoms with Crippen molar-refractivity contribution in [3.05, 3.63) is 45.8 Å². The summed E-state index contributed by atoms with van der Waals surface area (Å²) in [5, 5.41) is 11.7. The normalized spacial score (nSPS) is 9.94. The molecule has 0 unspecified atom stereocenters. The molecule has 0 saturated carbocycles. The number of nitrogens with one attached hydrogen (secondary N) is 1. The van der Waals surface area contributed by atoms with Crippen molar-refractivity contribution in [2.45, 2.75) is 0 Å². The number of hydrogen-bond acceptors (Lipinski definition) is 4. The summed E-state index contributed by atoms with van der Waals surface area (Å²) in [5.74, 6) is -0.456. The first-order chi connectivity index (χ1) is 8.15. The molecular weight excluding hydrogens is 333 g/mol. The topological polar surface area (TPSA) is 75.1 Å². The van der Waals surface area contributed by atoms with Gasteiger partial charge < -0.3 is 10.4 Å². The summed E-state index contributed by atoms with van der Waals surface area (Å²) in [5.41, 5.74) is 0.996. The summed E-state index contributed by atoms with van der Waals surface area (Å²) in [7, 11) is 0. The molecule has 0 bridgehead atoms. The third-order valence-corrected chi connectivity index (χ3v) is 2.61. The van der Waals surface area contributed by atoms with Crippen LogP contribution in [0.15, 0.2) is 36.5 Å². The number of aromatic carboxylic acids is 1. The summed E-state index contributed by atoms with van der Waals surface area (Å²) in [4.78, 5) is 18.9. The Bertz CT molecular complexity index is 543. The Hall–Kier alpha value is -1.70. The van der Waals surface area contributed by atoms with Gasteiger partial charge in [0.2, 0.25) is 5.95 Å². The number of nitrogens with zero attached hydrogens (tertiary/aromatic N) is 2. The number of aromatic nitrogens is 2. The lowest BCUT2D eigenvalue weighted by Gasteiger charge is -2.04. The van der Waals surface area contributed by atoms with Gasteiger partial charge >= 0.3 is 5.97 Å². The molecule has 2 N–H and O–H groups in total. The van der Waals surface area contributed by atoms with Crippen molar-refractivity contribution in [3.8, 4) is 0 Å². The van der Waals surface area contributed by atoms with Crippen LogP contribution in [0.4, 0.5) is 11.6 Å². The van der Waals surface area contributed by atoms with Gasteiger partial charge in [0.05, 0.1) is 5.56 Å². The molecule has 0 radical (unpaired) electrons. The Balaban J connectivity index is 2.16. The van der Waals surface area contributed by atoms with E-state index in [0.717, 1.165) is 9.39 Å². The zero-order valence-corrected chi connectivity index (χ0v) is 10.7. The van der Waals surface area contributed by atoms with E-state index in [2.05, 4.69) is 37.9 Å². The van der Waals surface area contributed by atoms with Crippen LogP contribution in [-0.2, 0) is 0 Å². The Morgan fingerprint density at radius 1 is 1.24 bits per heavy atom. The molecule has 0 aliphatic carbocycles. The number of rotatable bonds is 3. The van der Waals surface area contributed by atoms with Crippen molar-refractivity contribution in [2.75, 3.05) is 5.32 Å². The molecule has 0 fully saturated rings. The SMILES string of the molecule is O=C(O)c1ccc(Nc2nccc(I)n2)cc1. The predicted molar refractivity (Wildman–Crippen MR) is 71.4 cm³/mol. The molecule has 5 nitrogen and oxygen atoms in total. The second kappa shape index (κ2) is 5.09. The summed E-state index contributed by atoms with van der Waals surface area (Å²) in [6.45, 7) is 0. The fourth-order valence-corrected chi connectivity index (χ4v) is 1.61. The number of carboxylic acids is 1. The largest absolute Gasteiger partial charge is 0.478 e. The molecule has 0 amide bonds. The Morgan fingerprint density at radius 2 is 1.94 bits per heavy atom. The quantitative estimate of drug-likeness (QED) is 0.663. The van der Waals surface area contributed by atoms with E-state index in [9.17, 15) is 4.79 Å². The van der Waals surface area contributed by atoms with Crippen LogP contribution in [0.3, 0.4) is 0 Å². The number of anilines is 2. The smallest absolute Gasteiger partial charge is 0.335 e. The predicted octanol–water partition coefficient (Wildman–Crippen LogP) is 2.52. The lowest BCUT2D eigenvalue weighted by Crippen LogP contribution is -1.99. The van der Waals surface area contributed by atoms with Gasteiger partial charge in [-0.15, -0.1) is 0 Å². The fourth-order valence-electron chi connectivity index (χ4n) is 1.22. The zero-order valence-electron chi connectivity index (χ0n) is 8.59. The Kier molecular flexibility index (Phi) is 3.52. The van der Waals surface area contributed by atoms with E-state index in [1.165, 1.54) is 12.1 Å². The van der Waals surface area contributed by atoms with E-state index >= 15 is 0 Å². The summed E-state index contributed by atoms with van der Waals surface area (Å²) in [6.07, 6.45) is 1.66. The van der Waals surface area contributed by atoms with Gasteiger partial charge in [0, 0.05) is 11.9 Å². The second-order valence-electron chi connectivity index (χ2n) is 3.21. The Morgan fingerprint density at radius 3 is 2.53 bits per heavy atom. The van der Waals surface area contributed by atoms with E-state index in [0.29, 0.717) is 5.95 Å². The average Bonchev–Trinajstić information content (AvgIpc) is 2.29. The minimum Gasteiger partial charge on any atom is -0.478 e. The van der Waals surface area contributed by atoms with E-state index in [1.807, 2.05) is 0 Å². The second-order valence-corrected chi connectivity index (χ2v) is 4.32. The van der Waals surface area contributed by atoms with Gasteiger partial charge in [-0.25, -0.2) is 14.8 Å². The standard InChI is InChI=1S/C11H8IN3O2/c12-9-5-6-13-11(15-9)14-8-3-1-7(2-4-8)10(16)17/h1-6H,(H,16,17)(H,13,14,15). The number of halogens is 1. The van der Waals surface area contributed by atoms with Crippen LogP contribution in [0.25, 0.3) is 0 Å². The molecule has 6 heteroatoms. The molecule has 1 aromatic carbocycles. The van der Waals surface area contributed by atoms with Gasteiger partial charge in [-0.1, -0.05) is 0 Å². The first-order valence-corrected chi connectivity index (χ1v) is 5.82. The van der Waals surface area contributed by atoms with Crippen molar-refractivity contribution in [3.63, 3.8) is 0 Å². The molecule has 86 valence electrons. The van der Waals surface area contributed by atoms with Gasteiger partial charge in [0.1, 0.15) is 3.70 Å². The number of hydrogen-bond donors (Lipinski definition) is 2. The highest BCUT2D eigenvalue weighted by Crippen LogP contribution is 2.14. The molecule has 0 saturated heterocycles. The van der Waals surface area contributed by atoms with E-state index in [-0.39, 0.29) is 5.56 Å². The van der Waals surface area contributed by atoms with Crippen molar-refractivity contribution >= 4 is 40.2 Å². The summed E-state index contributed by atoms with van der Waals surface area (Å²) >= 11 is 2.09. The zero-order chi connectivity index (χ0) is 12.3. The van der Waals surface area contributed by atoms with Crippen molar-refractivity contribution < 1.29 is 9.90 Å². The molecular formula is C11H8IN3O2. The monoisotopic (exact) mass is 341 g/mol. The highest BCUT2D eigenvalue weighted by Gasteiger charge is 2.02. The molecule has 17 heavy (non-hydrogen) atoms. The highest BCUT2D eigenvalue weighted by molar-refractivity contribution is 14.1. The fraction of sp³-hybridized carbons (Fsp3) is 0. The van der Waals surface area contributed by atoms with E-state index in [1.54, 1.807) is 24.4 Å². The van der Waals surface area contributed by atoms with E-state index in [4.69, 9.17) is 5.11 Å². The third-order valence-electron chi connectivity index (χ3n) is 2.01. The number of carbonyl (C=O) groups is 1. The molecule has 1 aromatic heterocycles. The molecule has 0 aliphatic heterocycles. The van der Waals surface area contributed by atoms with Crippen molar-refractivity contribution in [2.24, 2.45) is 0 Å². The van der Waals surface area contributed by atoms with Crippen LogP contribution >= 0.6 is 22.6 Å². The maximum Gasteiger partial charge on any atom is 0.335 e. The summed E-state index contributed by atoms with van der Waals surface area (Å²) in [6, 6.07) is 8.19. The maximum absolute atomic E-state index is 10.7. The van der Waals surface area contributed by atoms with Gasteiger partial charge in [-0.05, 0) is 52.9 Å². The van der Waals surface area contributed by atoms with Crippen molar-refractivity contribution in [1.82, 2.24) is 9.97 Å². The molecule has 2 aromatic rings. The van der Waals surface area contributed by atoms with Crippen molar-refractivity contribution in [1.29, 1.82) is 0 Å². The minimum absolute atomic E-state index is 0.249. The maximum atomic E-state index is 10.7. The van der Waals surface area contributed by atoms with Crippen LogP contribution in [0.1, 0.15) is 10.4 Å². The van der Waals surface area contributed by atoms with Crippen LogP contribution in [0.5, 0.6) is 0 Å². The first kappa shape index (κ1) is 11.8. The summed E-state index contributed by atoms with van der Waals surface area (Å²) < 4.78 is 0.835. The lowest BCUT2D eigenvalue weighted by molar-refractivity contribution is 0.0697. The first-order valence-electron chi connectivity index (χ1n) is 4.74. The number of carboxylic acid groups (broad SMARTS) is 1. The molecule has 1 heterocycles. The van der Waals surface area contributed by atoms with Crippen LogP contribution < -0.4 is 5.32 Å². The molecule has 0 spiro atoms. The van der Waals surface area contributed by atoms with Crippen LogP contribution in [0.2, 0.25) is 0 Å². The van der Waals surface area contributed by atoms with Crippen LogP contribution in [-0.4, -0.2) is 21.0 Å². The molecule has 0 atom stereocenters. The van der Waals surface area contributed by atoms with Gasteiger partial charge in [0.25, 0.3) is 0 Å². The molecule has 2 rings (SSSR count). The highest BCUT2D eigenvalue weighted by atomic mass is 127. The van der Waals surface area contributed by atoms with E-state index < -0.39 is 5.97 Å².